The molecule has 19 heavy (non-hydrogen) atoms. The van der Waals surface area contributed by atoms with Crippen LogP contribution in [-0.2, 0) is 9.84 Å². The number of sulfone groups is 1. The van der Waals surface area contributed by atoms with Crippen LogP contribution in [0.5, 0.6) is 0 Å². The fourth-order valence-electron chi connectivity index (χ4n) is 1.58. The quantitative estimate of drug-likeness (QED) is 0.691. The van der Waals surface area contributed by atoms with Crippen LogP contribution in [-0.4, -0.2) is 25.7 Å². The zero-order valence-electron chi connectivity index (χ0n) is 11.1. The molecular weight excluding hydrogens is 278 g/mol. The van der Waals surface area contributed by atoms with Gasteiger partial charge in [-0.25, -0.2) is 8.42 Å². The molecule has 0 bridgehead atoms. The SMILES string of the molecule is CCCCCSCCS(=O)(=O)c1ccc(C#N)cc1. The number of rotatable bonds is 8. The summed E-state index contributed by atoms with van der Waals surface area (Å²) >= 11 is 1.69. The molecule has 0 aliphatic rings. The fraction of sp³-hybridized carbons (Fsp3) is 0.500. The number of nitrogens with zero attached hydrogens (tertiary/aromatic N) is 1. The van der Waals surface area contributed by atoms with Crippen molar-refractivity contribution in [1.82, 2.24) is 0 Å². The Bertz CT molecular complexity index is 515. The van der Waals surface area contributed by atoms with E-state index in [1.54, 1.807) is 23.9 Å². The first kappa shape index (κ1) is 16.1. The molecule has 0 heterocycles. The summed E-state index contributed by atoms with van der Waals surface area (Å²) in [7, 11) is -3.21. The van der Waals surface area contributed by atoms with Crippen molar-refractivity contribution in [3.05, 3.63) is 29.8 Å². The molecule has 1 aromatic rings. The molecule has 0 saturated heterocycles. The van der Waals surface area contributed by atoms with E-state index >= 15 is 0 Å². The van der Waals surface area contributed by atoms with Gasteiger partial charge in [-0.1, -0.05) is 19.8 Å². The maximum atomic E-state index is 12.0. The van der Waals surface area contributed by atoms with Crippen molar-refractivity contribution in [3.63, 3.8) is 0 Å². The molecule has 0 aliphatic heterocycles. The lowest BCUT2D eigenvalue weighted by Crippen LogP contribution is -2.09. The summed E-state index contributed by atoms with van der Waals surface area (Å²) < 4.78 is 24.0. The second kappa shape index (κ2) is 8.23. The van der Waals surface area contributed by atoms with Gasteiger partial charge in [0.2, 0.25) is 0 Å². The molecule has 0 N–H and O–H groups in total. The second-order valence-corrected chi connectivity index (χ2v) is 7.61. The monoisotopic (exact) mass is 297 g/mol. The Hall–Kier alpha value is -0.990. The van der Waals surface area contributed by atoms with Crippen molar-refractivity contribution >= 4 is 21.6 Å². The highest BCUT2D eigenvalue weighted by Crippen LogP contribution is 2.14. The van der Waals surface area contributed by atoms with E-state index in [1.165, 1.54) is 25.0 Å². The highest BCUT2D eigenvalue weighted by molar-refractivity contribution is 8.00. The van der Waals surface area contributed by atoms with Gasteiger partial charge in [-0.15, -0.1) is 0 Å². The molecule has 5 heteroatoms. The van der Waals surface area contributed by atoms with Gasteiger partial charge in [0.05, 0.1) is 22.3 Å². The topological polar surface area (TPSA) is 57.9 Å². The summed E-state index contributed by atoms with van der Waals surface area (Å²) in [6.07, 6.45) is 3.54. The zero-order chi connectivity index (χ0) is 14.1. The van der Waals surface area contributed by atoms with Gasteiger partial charge in [-0.3, -0.25) is 0 Å². The van der Waals surface area contributed by atoms with Crippen LogP contribution in [0.25, 0.3) is 0 Å². The lowest BCUT2D eigenvalue weighted by atomic mass is 10.2. The predicted octanol–water partition coefficient (Wildman–Crippen LogP) is 3.26. The van der Waals surface area contributed by atoms with Crippen molar-refractivity contribution in [2.75, 3.05) is 17.3 Å². The molecule has 0 aliphatic carbocycles. The Morgan fingerprint density at radius 2 is 1.84 bits per heavy atom. The van der Waals surface area contributed by atoms with Crippen LogP contribution in [0.1, 0.15) is 31.7 Å². The second-order valence-electron chi connectivity index (χ2n) is 4.27. The third-order valence-corrected chi connectivity index (χ3v) is 5.79. The Kier molecular flexibility index (Phi) is 6.96. The van der Waals surface area contributed by atoms with Crippen LogP contribution in [0.15, 0.2) is 29.2 Å². The number of thioether (sulfide) groups is 1. The molecular formula is C14H19NO2S2. The van der Waals surface area contributed by atoms with Gasteiger partial charge >= 0.3 is 0 Å². The van der Waals surface area contributed by atoms with Crippen LogP contribution in [0.4, 0.5) is 0 Å². The van der Waals surface area contributed by atoms with E-state index < -0.39 is 9.84 Å². The highest BCUT2D eigenvalue weighted by Gasteiger charge is 2.13. The van der Waals surface area contributed by atoms with E-state index in [9.17, 15) is 8.42 Å². The number of unbranched alkanes of at least 4 members (excludes halogenated alkanes) is 2. The minimum absolute atomic E-state index is 0.162. The number of hydrogen-bond donors (Lipinski definition) is 0. The van der Waals surface area contributed by atoms with Crippen molar-refractivity contribution in [2.24, 2.45) is 0 Å². The molecule has 0 aromatic heterocycles. The zero-order valence-corrected chi connectivity index (χ0v) is 12.8. The average Bonchev–Trinajstić information content (AvgIpc) is 2.43. The maximum absolute atomic E-state index is 12.0. The summed E-state index contributed by atoms with van der Waals surface area (Å²) in [6.45, 7) is 2.15. The van der Waals surface area contributed by atoms with E-state index in [2.05, 4.69) is 6.92 Å². The number of nitriles is 1. The van der Waals surface area contributed by atoms with E-state index in [0.717, 1.165) is 12.2 Å². The molecule has 0 radical (unpaired) electrons. The van der Waals surface area contributed by atoms with Crippen LogP contribution in [0, 0.1) is 11.3 Å². The first-order valence-corrected chi connectivity index (χ1v) is 9.21. The van der Waals surface area contributed by atoms with Gasteiger partial charge in [0.15, 0.2) is 9.84 Å². The predicted molar refractivity (Wildman–Crippen MR) is 80.1 cm³/mol. The Morgan fingerprint density at radius 1 is 1.16 bits per heavy atom. The molecule has 0 amide bonds. The van der Waals surface area contributed by atoms with Gasteiger partial charge in [-0.2, -0.15) is 17.0 Å². The van der Waals surface area contributed by atoms with E-state index in [0.29, 0.717) is 16.2 Å². The van der Waals surface area contributed by atoms with Crippen molar-refractivity contribution in [3.8, 4) is 6.07 Å². The van der Waals surface area contributed by atoms with Gasteiger partial charge in [-0.05, 0) is 36.4 Å². The summed E-state index contributed by atoms with van der Waals surface area (Å²) in [5, 5.41) is 8.67. The van der Waals surface area contributed by atoms with E-state index in [1.807, 2.05) is 6.07 Å². The minimum atomic E-state index is -3.21. The molecule has 0 saturated carbocycles. The summed E-state index contributed by atoms with van der Waals surface area (Å²) in [4.78, 5) is 0.306. The van der Waals surface area contributed by atoms with Crippen LogP contribution < -0.4 is 0 Å². The Labute approximate surface area is 119 Å². The average molecular weight is 297 g/mol. The molecule has 3 nitrogen and oxygen atoms in total. The Morgan fingerprint density at radius 3 is 2.42 bits per heavy atom. The first-order valence-electron chi connectivity index (χ1n) is 6.41. The van der Waals surface area contributed by atoms with Gasteiger partial charge in [0.1, 0.15) is 0 Å². The standard InChI is InChI=1S/C14H19NO2S2/c1-2-3-4-9-18-10-11-19(16,17)14-7-5-13(12-15)6-8-14/h5-8H,2-4,9-11H2,1H3. The minimum Gasteiger partial charge on any atom is -0.224 e. The van der Waals surface area contributed by atoms with E-state index in [4.69, 9.17) is 5.26 Å². The van der Waals surface area contributed by atoms with Crippen molar-refractivity contribution in [2.45, 2.75) is 31.1 Å². The van der Waals surface area contributed by atoms with Crippen LogP contribution in [0.3, 0.4) is 0 Å². The third-order valence-electron chi connectivity index (χ3n) is 2.73. The van der Waals surface area contributed by atoms with Crippen LogP contribution in [0.2, 0.25) is 0 Å². The molecule has 1 aromatic carbocycles. The fourth-order valence-corrected chi connectivity index (χ4v) is 4.33. The maximum Gasteiger partial charge on any atom is 0.179 e. The lowest BCUT2D eigenvalue weighted by Gasteiger charge is -2.04. The summed E-state index contributed by atoms with van der Waals surface area (Å²) in [5.41, 5.74) is 0.480. The largest absolute Gasteiger partial charge is 0.224 e. The molecule has 0 unspecified atom stereocenters. The number of benzene rings is 1. The van der Waals surface area contributed by atoms with E-state index in [-0.39, 0.29) is 5.75 Å². The van der Waals surface area contributed by atoms with Crippen LogP contribution >= 0.6 is 11.8 Å². The lowest BCUT2D eigenvalue weighted by molar-refractivity contribution is 0.597. The molecule has 1 rings (SSSR count). The molecule has 0 fully saturated rings. The summed E-state index contributed by atoms with van der Waals surface area (Å²) in [5.74, 6) is 1.82. The molecule has 104 valence electrons. The molecule has 0 spiro atoms. The third kappa shape index (κ3) is 5.66. The summed E-state index contributed by atoms with van der Waals surface area (Å²) in [6, 6.07) is 8.08. The normalized spacial score (nSPS) is 11.2. The smallest absolute Gasteiger partial charge is 0.179 e. The van der Waals surface area contributed by atoms with Gasteiger partial charge in [0, 0.05) is 5.75 Å². The highest BCUT2D eigenvalue weighted by atomic mass is 32.2. The van der Waals surface area contributed by atoms with Gasteiger partial charge < -0.3 is 0 Å². The van der Waals surface area contributed by atoms with Crippen molar-refractivity contribution in [1.29, 1.82) is 5.26 Å². The Balaban J connectivity index is 2.45. The first-order chi connectivity index (χ1) is 9.10. The number of hydrogen-bond acceptors (Lipinski definition) is 4. The van der Waals surface area contributed by atoms with Crippen molar-refractivity contribution < 1.29 is 8.42 Å². The van der Waals surface area contributed by atoms with Gasteiger partial charge in [0.25, 0.3) is 0 Å². The molecule has 0 atom stereocenters.